The Hall–Kier alpha value is -2.08. The summed E-state index contributed by atoms with van der Waals surface area (Å²) in [4.78, 5) is 26.0. The van der Waals surface area contributed by atoms with Crippen LogP contribution >= 0.6 is 0 Å². The molecule has 1 aliphatic rings. The van der Waals surface area contributed by atoms with Gasteiger partial charge in [-0.1, -0.05) is 31.2 Å². The fourth-order valence-corrected chi connectivity index (χ4v) is 3.43. The van der Waals surface area contributed by atoms with Crippen molar-refractivity contribution >= 4 is 11.9 Å². The Morgan fingerprint density at radius 1 is 1.28 bits per heavy atom. The summed E-state index contributed by atoms with van der Waals surface area (Å²) in [5.74, 6) is 0.712. The second-order valence-electron chi connectivity index (χ2n) is 6.75. The van der Waals surface area contributed by atoms with Crippen LogP contribution in [-0.2, 0) is 4.79 Å². The Morgan fingerprint density at radius 2 is 1.96 bits per heavy atom. The van der Waals surface area contributed by atoms with Crippen LogP contribution in [-0.4, -0.2) is 43.0 Å². The molecule has 1 fully saturated rings. The molecule has 6 nitrogen and oxygen atoms in total. The number of nitrogens with two attached hydrogens (primary N) is 1. The van der Waals surface area contributed by atoms with Crippen molar-refractivity contribution in [3.8, 4) is 0 Å². The van der Waals surface area contributed by atoms with Crippen LogP contribution in [0.3, 0.4) is 0 Å². The van der Waals surface area contributed by atoms with E-state index in [2.05, 4.69) is 17.6 Å². The number of urea groups is 1. The molecule has 0 aliphatic carbocycles. The third kappa shape index (κ3) is 5.74. The van der Waals surface area contributed by atoms with E-state index in [9.17, 15) is 9.59 Å². The number of benzene rings is 1. The zero-order valence-electron chi connectivity index (χ0n) is 15.3. The Bertz CT molecular complexity index is 583. The molecule has 2 rings (SSSR count). The Kier molecular flexibility index (Phi) is 7.25. The number of primary amides is 1. The van der Waals surface area contributed by atoms with Crippen LogP contribution in [0.25, 0.3) is 0 Å². The maximum Gasteiger partial charge on any atom is 0.312 e. The lowest BCUT2D eigenvalue weighted by Crippen LogP contribution is -2.43. The Balaban J connectivity index is 1.96. The fourth-order valence-electron chi connectivity index (χ4n) is 3.43. The van der Waals surface area contributed by atoms with Crippen LogP contribution in [0.5, 0.6) is 0 Å². The maximum absolute atomic E-state index is 12.7. The van der Waals surface area contributed by atoms with Crippen LogP contribution in [0, 0.1) is 12.8 Å². The monoisotopic (exact) mass is 346 g/mol. The Morgan fingerprint density at radius 3 is 2.56 bits per heavy atom. The SMILES string of the molecule is CCNCC1CCN(C(=O)CC(NC(N)=O)c2ccccc2C)CC1. The average Bonchev–Trinajstić information content (AvgIpc) is 2.60. The van der Waals surface area contributed by atoms with E-state index in [0.29, 0.717) is 5.92 Å². The molecule has 1 unspecified atom stereocenters. The zero-order valence-corrected chi connectivity index (χ0v) is 15.3. The van der Waals surface area contributed by atoms with E-state index < -0.39 is 6.03 Å². The summed E-state index contributed by atoms with van der Waals surface area (Å²) in [5, 5.41) is 6.10. The number of hydrogen-bond donors (Lipinski definition) is 3. The van der Waals surface area contributed by atoms with E-state index in [1.807, 2.05) is 36.1 Å². The molecule has 6 heteroatoms. The number of carbonyl (C=O) groups is 2. The summed E-state index contributed by atoms with van der Waals surface area (Å²) >= 11 is 0. The van der Waals surface area contributed by atoms with Crippen LogP contribution in [0.4, 0.5) is 4.79 Å². The number of amides is 3. The highest BCUT2D eigenvalue weighted by Crippen LogP contribution is 2.23. The summed E-state index contributed by atoms with van der Waals surface area (Å²) in [6.07, 6.45) is 2.29. The predicted molar refractivity (Wildman–Crippen MR) is 99.1 cm³/mol. The van der Waals surface area contributed by atoms with E-state index in [4.69, 9.17) is 5.73 Å². The predicted octanol–water partition coefficient (Wildman–Crippen LogP) is 1.94. The van der Waals surface area contributed by atoms with Crippen LogP contribution < -0.4 is 16.4 Å². The normalized spacial score (nSPS) is 16.5. The lowest BCUT2D eigenvalue weighted by molar-refractivity contribution is -0.133. The second kappa shape index (κ2) is 9.42. The molecular weight excluding hydrogens is 316 g/mol. The number of nitrogens with zero attached hydrogens (tertiary/aromatic N) is 1. The molecule has 0 aromatic heterocycles. The molecule has 0 saturated carbocycles. The smallest absolute Gasteiger partial charge is 0.312 e. The standard InChI is InChI=1S/C19H30N4O2/c1-3-21-13-15-8-10-23(11-9-15)18(24)12-17(22-19(20)25)16-7-5-4-6-14(16)2/h4-7,15,17,21H,3,8-13H2,1-2H3,(H3,20,22,25). The van der Waals surface area contributed by atoms with Crippen LogP contribution in [0.15, 0.2) is 24.3 Å². The van der Waals surface area contributed by atoms with Gasteiger partial charge >= 0.3 is 6.03 Å². The van der Waals surface area contributed by atoms with Crippen molar-refractivity contribution in [3.63, 3.8) is 0 Å². The number of likely N-dealkylation sites (tertiary alicyclic amines) is 1. The fraction of sp³-hybridized carbons (Fsp3) is 0.579. The van der Waals surface area contributed by atoms with Crippen molar-refractivity contribution in [2.75, 3.05) is 26.2 Å². The van der Waals surface area contributed by atoms with Crippen molar-refractivity contribution in [3.05, 3.63) is 35.4 Å². The van der Waals surface area contributed by atoms with Crippen molar-refractivity contribution in [1.82, 2.24) is 15.5 Å². The minimum atomic E-state index is -0.606. The molecule has 138 valence electrons. The van der Waals surface area contributed by atoms with Gasteiger partial charge in [0.05, 0.1) is 12.5 Å². The molecule has 0 radical (unpaired) electrons. The number of rotatable bonds is 7. The van der Waals surface area contributed by atoms with Crippen molar-refractivity contribution in [2.24, 2.45) is 11.7 Å². The highest BCUT2D eigenvalue weighted by Gasteiger charge is 2.26. The van der Waals surface area contributed by atoms with Crippen LogP contribution in [0.2, 0.25) is 0 Å². The molecule has 1 aromatic rings. The van der Waals surface area contributed by atoms with Crippen molar-refractivity contribution in [1.29, 1.82) is 0 Å². The van der Waals surface area contributed by atoms with Gasteiger partial charge < -0.3 is 21.3 Å². The van der Waals surface area contributed by atoms with E-state index >= 15 is 0 Å². The van der Waals surface area contributed by atoms with Crippen molar-refractivity contribution < 1.29 is 9.59 Å². The molecule has 1 aliphatic heterocycles. The maximum atomic E-state index is 12.7. The summed E-state index contributed by atoms with van der Waals surface area (Å²) < 4.78 is 0. The minimum Gasteiger partial charge on any atom is -0.352 e. The zero-order chi connectivity index (χ0) is 18.2. The lowest BCUT2D eigenvalue weighted by atomic mass is 9.95. The van der Waals surface area contributed by atoms with E-state index in [0.717, 1.165) is 50.1 Å². The molecule has 1 aromatic carbocycles. The summed E-state index contributed by atoms with van der Waals surface area (Å²) in [5.41, 5.74) is 7.30. The molecular formula is C19H30N4O2. The Labute approximate surface area is 150 Å². The first-order chi connectivity index (χ1) is 12.0. The summed E-state index contributed by atoms with van der Waals surface area (Å²) in [6, 6.07) is 6.77. The number of piperidine rings is 1. The molecule has 1 heterocycles. The third-order valence-electron chi connectivity index (χ3n) is 4.91. The van der Waals surface area contributed by atoms with Gasteiger partial charge in [-0.3, -0.25) is 4.79 Å². The summed E-state index contributed by atoms with van der Waals surface area (Å²) in [6.45, 7) is 7.65. The largest absolute Gasteiger partial charge is 0.352 e. The van der Waals surface area contributed by atoms with E-state index in [1.54, 1.807) is 0 Å². The quantitative estimate of drug-likeness (QED) is 0.705. The lowest BCUT2D eigenvalue weighted by Gasteiger charge is -2.33. The third-order valence-corrected chi connectivity index (χ3v) is 4.91. The number of aryl methyl sites for hydroxylation is 1. The second-order valence-corrected chi connectivity index (χ2v) is 6.75. The van der Waals surface area contributed by atoms with Gasteiger partial charge in [-0.15, -0.1) is 0 Å². The number of nitrogens with one attached hydrogen (secondary N) is 2. The van der Waals surface area contributed by atoms with E-state index in [-0.39, 0.29) is 18.4 Å². The molecule has 1 atom stereocenters. The van der Waals surface area contributed by atoms with Gasteiger partial charge in [0.15, 0.2) is 0 Å². The van der Waals surface area contributed by atoms with Gasteiger partial charge in [0.25, 0.3) is 0 Å². The van der Waals surface area contributed by atoms with Gasteiger partial charge in [-0.05, 0) is 49.9 Å². The average molecular weight is 346 g/mol. The van der Waals surface area contributed by atoms with E-state index in [1.165, 1.54) is 0 Å². The van der Waals surface area contributed by atoms with Gasteiger partial charge in [-0.25, -0.2) is 4.79 Å². The van der Waals surface area contributed by atoms with Gasteiger partial charge in [0.2, 0.25) is 5.91 Å². The highest BCUT2D eigenvalue weighted by atomic mass is 16.2. The molecule has 25 heavy (non-hydrogen) atoms. The summed E-state index contributed by atoms with van der Waals surface area (Å²) in [7, 11) is 0. The van der Waals surface area contributed by atoms with Gasteiger partial charge in [0, 0.05) is 13.1 Å². The van der Waals surface area contributed by atoms with Gasteiger partial charge in [0.1, 0.15) is 0 Å². The first-order valence-corrected chi connectivity index (χ1v) is 9.11. The topological polar surface area (TPSA) is 87.5 Å². The first-order valence-electron chi connectivity index (χ1n) is 9.11. The van der Waals surface area contributed by atoms with Crippen molar-refractivity contribution in [2.45, 2.75) is 39.2 Å². The van der Waals surface area contributed by atoms with Crippen LogP contribution in [0.1, 0.15) is 43.4 Å². The minimum absolute atomic E-state index is 0.0731. The highest BCUT2D eigenvalue weighted by molar-refractivity contribution is 5.79. The molecule has 4 N–H and O–H groups in total. The molecule has 3 amide bonds. The number of carbonyl (C=O) groups excluding carboxylic acids is 2. The molecule has 1 saturated heterocycles. The molecule has 0 spiro atoms. The van der Waals surface area contributed by atoms with Gasteiger partial charge in [-0.2, -0.15) is 0 Å². The first kappa shape index (κ1) is 19.2. The number of hydrogen-bond acceptors (Lipinski definition) is 3. The molecule has 0 bridgehead atoms.